The van der Waals surface area contributed by atoms with Crippen LogP contribution in [0.4, 0.5) is 0 Å². The molecule has 5 nitrogen and oxygen atoms in total. The fourth-order valence-electron chi connectivity index (χ4n) is 4.91. The lowest BCUT2D eigenvalue weighted by Crippen LogP contribution is -2.61. The lowest BCUT2D eigenvalue weighted by Gasteiger charge is -2.47. The summed E-state index contributed by atoms with van der Waals surface area (Å²) in [7, 11) is 0. The number of piperazine rings is 1. The minimum atomic E-state index is -0.0811. The van der Waals surface area contributed by atoms with Crippen molar-refractivity contribution in [3.8, 4) is 0 Å². The number of halogens is 1. The molecule has 27 heavy (non-hydrogen) atoms. The van der Waals surface area contributed by atoms with E-state index in [1.54, 1.807) is 4.90 Å². The Morgan fingerprint density at radius 2 is 1.59 bits per heavy atom. The Morgan fingerprint density at radius 3 is 2.07 bits per heavy atom. The van der Waals surface area contributed by atoms with Crippen LogP contribution in [0.5, 0.6) is 0 Å². The van der Waals surface area contributed by atoms with E-state index >= 15 is 0 Å². The standard InChI is InChI=1S/C21H28ClN3O2/c22-16-4-1-3-15(11-16)21(14-23)9-7-18(8-10-21)25-13-19(26)24(12-20(25)27)17-5-2-6-17/h1,3-4,11,17-18H,2,5-10,12-14,23H2/t18-,21+. The highest BCUT2D eigenvalue weighted by atomic mass is 35.5. The number of benzene rings is 1. The molecule has 0 unspecified atom stereocenters. The highest BCUT2D eigenvalue weighted by Gasteiger charge is 2.42. The molecule has 3 aliphatic rings. The van der Waals surface area contributed by atoms with Gasteiger partial charge in [-0.1, -0.05) is 23.7 Å². The molecule has 2 N–H and O–H groups in total. The monoisotopic (exact) mass is 389 g/mol. The van der Waals surface area contributed by atoms with E-state index in [4.69, 9.17) is 17.3 Å². The maximum absolute atomic E-state index is 12.7. The van der Waals surface area contributed by atoms with Gasteiger partial charge in [-0.15, -0.1) is 0 Å². The van der Waals surface area contributed by atoms with E-state index in [0.717, 1.165) is 43.5 Å². The molecule has 146 valence electrons. The molecule has 2 saturated carbocycles. The van der Waals surface area contributed by atoms with Gasteiger partial charge in [0, 0.05) is 29.1 Å². The maximum Gasteiger partial charge on any atom is 0.242 e. The molecule has 2 amide bonds. The SMILES string of the molecule is NC[C@]1(c2cccc(Cl)c2)CC[C@@H](N2CC(=O)N(C3CCC3)CC2=O)CC1. The third kappa shape index (κ3) is 3.47. The molecule has 3 fully saturated rings. The van der Waals surface area contributed by atoms with Crippen LogP contribution in [0.1, 0.15) is 50.5 Å². The van der Waals surface area contributed by atoms with Gasteiger partial charge < -0.3 is 15.5 Å². The minimum absolute atomic E-state index is 0.0811. The first-order chi connectivity index (χ1) is 13.0. The molecule has 6 heteroatoms. The molecule has 0 spiro atoms. The number of hydrogen-bond donors (Lipinski definition) is 1. The molecule has 1 aromatic rings. The number of carbonyl (C=O) groups excluding carboxylic acids is 2. The van der Waals surface area contributed by atoms with Crippen LogP contribution in [-0.4, -0.2) is 53.3 Å². The van der Waals surface area contributed by atoms with Crippen molar-refractivity contribution in [2.45, 2.75) is 62.4 Å². The predicted molar refractivity (Wildman–Crippen MR) is 106 cm³/mol. The zero-order valence-corrected chi connectivity index (χ0v) is 16.5. The van der Waals surface area contributed by atoms with E-state index in [9.17, 15) is 9.59 Å². The second-order valence-corrected chi connectivity index (χ2v) is 8.79. The van der Waals surface area contributed by atoms with Crippen molar-refractivity contribution in [3.05, 3.63) is 34.9 Å². The zero-order valence-electron chi connectivity index (χ0n) is 15.7. The molecule has 1 saturated heterocycles. The van der Waals surface area contributed by atoms with Gasteiger partial charge in [-0.05, 0) is 62.6 Å². The molecule has 0 aromatic heterocycles. The number of nitrogens with two attached hydrogens (primary N) is 1. The third-order valence-corrected chi connectivity index (χ3v) is 7.18. The first-order valence-corrected chi connectivity index (χ1v) is 10.5. The fraction of sp³-hybridized carbons (Fsp3) is 0.619. The molecular weight excluding hydrogens is 362 g/mol. The molecule has 1 heterocycles. The van der Waals surface area contributed by atoms with Crippen molar-refractivity contribution in [1.29, 1.82) is 0 Å². The number of amides is 2. The van der Waals surface area contributed by atoms with Crippen LogP contribution >= 0.6 is 11.6 Å². The average molecular weight is 390 g/mol. The quantitative estimate of drug-likeness (QED) is 0.860. The van der Waals surface area contributed by atoms with Crippen LogP contribution < -0.4 is 5.73 Å². The largest absolute Gasteiger partial charge is 0.330 e. The van der Waals surface area contributed by atoms with Gasteiger partial charge in [0.05, 0.1) is 0 Å². The summed E-state index contributed by atoms with van der Waals surface area (Å²) < 4.78 is 0. The second kappa shape index (κ2) is 7.44. The average Bonchev–Trinajstić information content (AvgIpc) is 2.63. The van der Waals surface area contributed by atoms with Gasteiger partial charge in [0.2, 0.25) is 11.8 Å². The summed E-state index contributed by atoms with van der Waals surface area (Å²) in [5.41, 5.74) is 7.29. The van der Waals surface area contributed by atoms with Crippen molar-refractivity contribution < 1.29 is 9.59 Å². The van der Waals surface area contributed by atoms with Crippen LogP contribution in [0, 0.1) is 0 Å². The van der Waals surface area contributed by atoms with Gasteiger partial charge in [0.15, 0.2) is 0 Å². The lowest BCUT2D eigenvalue weighted by molar-refractivity contribution is -0.156. The van der Waals surface area contributed by atoms with Crippen LogP contribution in [0.2, 0.25) is 5.02 Å². The summed E-state index contributed by atoms with van der Waals surface area (Å²) in [4.78, 5) is 28.9. The summed E-state index contributed by atoms with van der Waals surface area (Å²) in [5, 5.41) is 0.732. The van der Waals surface area contributed by atoms with Crippen molar-refractivity contribution >= 4 is 23.4 Å². The molecule has 0 atom stereocenters. The van der Waals surface area contributed by atoms with Crippen molar-refractivity contribution in [3.63, 3.8) is 0 Å². The Kier molecular flexibility index (Phi) is 5.17. The number of carbonyl (C=O) groups is 2. The van der Waals surface area contributed by atoms with E-state index in [2.05, 4.69) is 6.07 Å². The van der Waals surface area contributed by atoms with Crippen molar-refractivity contribution in [1.82, 2.24) is 9.80 Å². The van der Waals surface area contributed by atoms with E-state index in [1.807, 2.05) is 23.1 Å². The summed E-state index contributed by atoms with van der Waals surface area (Å²) in [6, 6.07) is 8.41. The van der Waals surface area contributed by atoms with Crippen molar-refractivity contribution in [2.24, 2.45) is 5.73 Å². The van der Waals surface area contributed by atoms with Crippen LogP contribution in [0.15, 0.2) is 24.3 Å². The van der Waals surface area contributed by atoms with Crippen molar-refractivity contribution in [2.75, 3.05) is 19.6 Å². The minimum Gasteiger partial charge on any atom is -0.330 e. The molecule has 2 aliphatic carbocycles. The van der Waals surface area contributed by atoms with E-state index in [0.29, 0.717) is 12.6 Å². The first kappa shape index (κ1) is 18.8. The van der Waals surface area contributed by atoms with Gasteiger partial charge in [-0.25, -0.2) is 0 Å². The van der Waals surface area contributed by atoms with E-state index in [1.165, 1.54) is 12.0 Å². The predicted octanol–water partition coefficient (Wildman–Crippen LogP) is 2.70. The van der Waals surface area contributed by atoms with Gasteiger partial charge in [-0.3, -0.25) is 9.59 Å². The van der Waals surface area contributed by atoms with Gasteiger partial charge in [0.1, 0.15) is 13.1 Å². The van der Waals surface area contributed by atoms with E-state index < -0.39 is 0 Å². The smallest absolute Gasteiger partial charge is 0.242 e. The normalized spacial score (nSPS) is 29.8. The number of hydrogen-bond acceptors (Lipinski definition) is 3. The first-order valence-electron chi connectivity index (χ1n) is 10.1. The molecule has 0 bridgehead atoms. The summed E-state index contributed by atoms with van der Waals surface area (Å²) in [6.45, 7) is 1.07. The number of rotatable bonds is 4. The van der Waals surface area contributed by atoms with Crippen LogP contribution in [0.25, 0.3) is 0 Å². The topological polar surface area (TPSA) is 66.6 Å². The molecule has 0 radical (unpaired) electrons. The molecular formula is C21H28ClN3O2. The zero-order chi connectivity index (χ0) is 19.0. The van der Waals surface area contributed by atoms with Gasteiger partial charge in [0.25, 0.3) is 0 Å². The summed E-state index contributed by atoms with van der Waals surface area (Å²) >= 11 is 6.19. The Labute approximate surface area is 165 Å². The Hall–Kier alpha value is -1.59. The Morgan fingerprint density at radius 1 is 1.00 bits per heavy atom. The Balaban J connectivity index is 1.42. The lowest BCUT2D eigenvalue weighted by atomic mass is 9.68. The van der Waals surface area contributed by atoms with Crippen LogP contribution in [-0.2, 0) is 15.0 Å². The van der Waals surface area contributed by atoms with E-state index in [-0.39, 0.29) is 36.4 Å². The Bertz CT molecular complexity index is 726. The fourth-order valence-corrected chi connectivity index (χ4v) is 5.10. The third-order valence-electron chi connectivity index (χ3n) is 6.95. The highest BCUT2D eigenvalue weighted by Crippen LogP contribution is 2.41. The molecule has 1 aliphatic heterocycles. The van der Waals surface area contributed by atoms with Gasteiger partial charge in [-0.2, -0.15) is 0 Å². The summed E-state index contributed by atoms with van der Waals surface area (Å²) in [6.07, 6.45) is 6.85. The van der Waals surface area contributed by atoms with Gasteiger partial charge >= 0.3 is 0 Å². The number of nitrogens with zero attached hydrogens (tertiary/aromatic N) is 2. The highest BCUT2D eigenvalue weighted by molar-refractivity contribution is 6.30. The molecule has 4 rings (SSSR count). The molecule has 1 aromatic carbocycles. The summed E-state index contributed by atoms with van der Waals surface area (Å²) in [5.74, 6) is 0.222. The maximum atomic E-state index is 12.7. The second-order valence-electron chi connectivity index (χ2n) is 8.35. The van der Waals surface area contributed by atoms with Crippen LogP contribution in [0.3, 0.4) is 0 Å².